The molecule has 0 spiro atoms. The fraction of sp³-hybridized carbons (Fsp3) is 0.855. The Balaban J connectivity index is 5.55. The molecular formula is C55H107N11O31. The second-order valence-corrected chi connectivity index (χ2v) is 23.0. The summed E-state index contributed by atoms with van der Waals surface area (Å²) in [4.78, 5) is 111. The summed E-state index contributed by atoms with van der Waals surface area (Å²) in [6.07, 6.45) is -32.9. The van der Waals surface area contributed by atoms with Gasteiger partial charge in [0, 0.05) is 81.1 Å². The molecule has 97 heavy (non-hydrogen) atoms. The van der Waals surface area contributed by atoms with Crippen LogP contribution in [0.4, 0.5) is 4.79 Å². The number of nitrogens with two attached hydrogens (primary N) is 1. The van der Waals surface area contributed by atoms with Crippen LogP contribution in [0.25, 0.3) is 0 Å². The molecule has 0 saturated carbocycles. The smallest absolute Gasteiger partial charge is 0.407 e. The van der Waals surface area contributed by atoms with Crippen LogP contribution in [-0.2, 0) is 47.8 Å². The molecule has 0 aliphatic rings. The highest BCUT2D eigenvalue weighted by molar-refractivity contribution is 5.93. The average molecular weight is 1420 g/mol. The van der Waals surface area contributed by atoms with Gasteiger partial charge in [0.2, 0.25) is 41.4 Å². The predicted molar refractivity (Wildman–Crippen MR) is 330 cm³/mol. The Morgan fingerprint density at radius 3 is 1.10 bits per heavy atom. The Labute approximate surface area is 559 Å². The van der Waals surface area contributed by atoms with E-state index in [4.69, 9.17) is 30.2 Å². The molecule has 25 N–H and O–H groups in total. The van der Waals surface area contributed by atoms with Crippen molar-refractivity contribution in [2.24, 2.45) is 5.73 Å². The lowest BCUT2D eigenvalue weighted by Gasteiger charge is -2.34. The highest BCUT2D eigenvalue weighted by Gasteiger charge is 2.37. The molecule has 0 saturated heterocycles. The van der Waals surface area contributed by atoms with E-state index >= 15 is 0 Å². The van der Waals surface area contributed by atoms with Gasteiger partial charge in [-0.15, -0.1) is 0 Å². The molecule has 0 aromatic rings. The van der Waals surface area contributed by atoms with E-state index in [0.29, 0.717) is 0 Å². The molecular weight excluding hydrogens is 1310 g/mol. The standard InChI is InChI=1S/C55H107N11O31/c1-60(22-40(79)57-9-12-95-13-14-96-15-16-97-55(94)58-8-11-66(20-34(73)48(87)52(91)38(77)29-69)21-35(74)49(88)53(92)39(78)30-70)44(83)25-63(4)45(84)26-64(5)54(93)31(59-41(80)23-61(2)43(82)24-62(3)42(81)17-56)7-6-10-65(18-32(71)46(85)50(89)36(75)27-67)19-33(72)47(86)51(90)37(76)28-68/h31-39,46-53,67-78,85-92H,6-30,56H2,1-5H3,(H,57,79)(H,58,94)(H,59,80)/t31?,32-,33-,34-,35-,36+,37+,38+,39+,46+,47+,48+,49?,50+,51+,52+,53+/m0/s1. The van der Waals surface area contributed by atoms with Gasteiger partial charge in [-0.2, -0.15) is 0 Å². The van der Waals surface area contributed by atoms with Crippen molar-refractivity contribution in [3.63, 3.8) is 0 Å². The first-order chi connectivity index (χ1) is 45.4. The van der Waals surface area contributed by atoms with E-state index in [1.807, 2.05) is 0 Å². The number of carbonyl (C=O) groups is 8. The zero-order valence-corrected chi connectivity index (χ0v) is 55.1. The van der Waals surface area contributed by atoms with Crippen LogP contribution in [-0.4, -0.2) is 474 Å². The quantitative estimate of drug-likeness (QED) is 0.0252. The summed E-state index contributed by atoms with van der Waals surface area (Å²) >= 11 is 0. The Bertz CT molecular complexity index is 2220. The van der Waals surface area contributed by atoms with Gasteiger partial charge in [-0.3, -0.25) is 43.4 Å². The molecule has 0 aliphatic heterocycles. The van der Waals surface area contributed by atoms with Gasteiger partial charge in [0.15, 0.2) is 0 Å². The number of nitrogens with one attached hydrogen (secondary N) is 3. The van der Waals surface area contributed by atoms with E-state index in [-0.39, 0.29) is 72.1 Å². The molecule has 0 rings (SSSR count). The Kier molecular flexibility index (Phi) is 46.4. The number of hydrogen-bond acceptors (Lipinski definition) is 34. The lowest BCUT2D eigenvalue weighted by Crippen LogP contribution is -2.54. The largest absolute Gasteiger partial charge is 0.447 e. The SMILES string of the molecule is CN(CC(=O)NCCOCCOCCOC(=O)NCCN(C[C@H](O)C(O)[C@H](O)[C@H](O)CO)C[C@H](O)[C@@H](O)[C@H](O)[C@H](O)CO)C(=O)CN(C)C(=O)CN(C)C(=O)C(CCCN(C[C@H](O)[C@@H](O)[C@H](O)[C@H](O)CO)C[C@H](O)[C@@H](O)[C@H](O)[C@H](O)CO)NC(=O)CN(C)C(=O)CN(C)C(=O)CN. The van der Waals surface area contributed by atoms with Gasteiger partial charge >= 0.3 is 6.09 Å². The number of nitrogens with zero attached hydrogens (tertiary/aromatic N) is 7. The van der Waals surface area contributed by atoms with Crippen LogP contribution >= 0.6 is 0 Å². The van der Waals surface area contributed by atoms with Crippen molar-refractivity contribution >= 4 is 47.4 Å². The number of aliphatic hydroxyl groups is 20. The number of carbonyl (C=O) groups excluding carboxylic acids is 8. The van der Waals surface area contributed by atoms with Crippen LogP contribution in [0, 0.1) is 0 Å². The lowest BCUT2D eigenvalue weighted by molar-refractivity contribution is -0.144. The summed E-state index contributed by atoms with van der Waals surface area (Å²) in [5.74, 6) is -5.24. The highest BCUT2D eigenvalue weighted by Crippen LogP contribution is 2.15. The molecule has 17 atom stereocenters. The van der Waals surface area contributed by atoms with Crippen LogP contribution in [0.1, 0.15) is 12.8 Å². The van der Waals surface area contributed by atoms with Crippen molar-refractivity contribution in [3.05, 3.63) is 0 Å². The minimum Gasteiger partial charge on any atom is -0.447 e. The minimum atomic E-state index is -2.12. The van der Waals surface area contributed by atoms with Gasteiger partial charge in [-0.05, 0) is 19.4 Å². The van der Waals surface area contributed by atoms with Gasteiger partial charge < -0.3 is 163 Å². The van der Waals surface area contributed by atoms with E-state index in [9.17, 15) is 130 Å². The molecule has 0 heterocycles. The van der Waals surface area contributed by atoms with Gasteiger partial charge in [-0.1, -0.05) is 0 Å². The van der Waals surface area contributed by atoms with E-state index in [1.165, 1.54) is 40.1 Å². The molecule has 0 radical (unpaired) electrons. The summed E-state index contributed by atoms with van der Waals surface area (Å²) in [7, 11) is 6.22. The molecule has 0 bridgehead atoms. The first-order valence-corrected chi connectivity index (χ1v) is 30.7. The predicted octanol–water partition coefficient (Wildman–Crippen LogP) is -17.3. The number of aliphatic hydroxyl groups excluding tert-OH is 20. The normalized spacial score (nSPS) is 17.1. The molecule has 0 aliphatic carbocycles. The van der Waals surface area contributed by atoms with Gasteiger partial charge in [0.25, 0.3) is 0 Å². The van der Waals surface area contributed by atoms with Crippen LogP contribution in [0.2, 0.25) is 0 Å². The second kappa shape index (κ2) is 49.2. The molecule has 2 unspecified atom stereocenters. The number of hydrogen-bond donors (Lipinski definition) is 24. The number of ether oxygens (including phenoxy) is 3. The molecule has 0 aromatic carbocycles. The monoisotopic (exact) mass is 1420 g/mol. The maximum absolute atomic E-state index is 14.1. The summed E-state index contributed by atoms with van der Waals surface area (Å²) < 4.78 is 15.8. The number of amides is 8. The van der Waals surface area contributed by atoms with E-state index in [1.54, 1.807) is 0 Å². The number of likely N-dealkylation sites (N-methyl/N-ethyl adjacent to an activating group) is 5. The third-order valence-corrected chi connectivity index (χ3v) is 14.9. The molecule has 42 nitrogen and oxygen atoms in total. The van der Waals surface area contributed by atoms with Crippen molar-refractivity contribution in [2.75, 3.05) is 186 Å². The summed E-state index contributed by atoms with van der Waals surface area (Å²) in [5.41, 5.74) is 5.36. The van der Waals surface area contributed by atoms with Crippen molar-refractivity contribution in [1.82, 2.24) is 50.2 Å². The third-order valence-electron chi connectivity index (χ3n) is 14.9. The van der Waals surface area contributed by atoms with Gasteiger partial charge in [0.1, 0.15) is 85.9 Å². The van der Waals surface area contributed by atoms with Crippen LogP contribution in [0.5, 0.6) is 0 Å². The molecule has 0 aromatic heterocycles. The van der Waals surface area contributed by atoms with Gasteiger partial charge in [0.05, 0.1) is 117 Å². The Morgan fingerprint density at radius 2 is 0.711 bits per heavy atom. The maximum atomic E-state index is 14.1. The highest BCUT2D eigenvalue weighted by atomic mass is 16.6. The molecule has 0 fully saturated rings. The maximum Gasteiger partial charge on any atom is 0.407 e. The minimum absolute atomic E-state index is 0.00888. The molecule has 568 valence electrons. The van der Waals surface area contributed by atoms with Crippen molar-refractivity contribution < 1.29 is 155 Å². The Hall–Kier alpha value is -5.44. The fourth-order valence-electron chi connectivity index (χ4n) is 8.73. The van der Waals surface area contributed by atoms with Crippen LogP contribution in [0.15, 0.2) is 0 Å². The zero-order valence-electron chi connectivity index (χ0n) is 55.1. The van der Waals surface area contributed by atoms with E-state index < -0.39 is 243 Å². The summed E-state index contributed by atoms with van der Waals surface area (Å²) in [6.45, 7) is -10.8. The van der Waals surface area contributed by atoms with Crippen molar-refractivity contribution in [2.45, 2.75) is 117 Å². The first kappa shape index (κ1) is 91.6. The van der Waals surface area contributed by atoms with Crippen LogP contribution in [0.3, 0.4) is 0 Å². The third kappa shape index (κ3) is 35.4. The topological polar surface area (TPSA) is 654 Å². The van der Waals surface area contributed by atoms with Crippen molar-refractivity contribution in [3.8, 4) is 0 Å². The molecule has 8 amide bonds. The first-order valence-electron chi connectivity index (χ1n) is 30.7. The zero-order chi connectivity index (χ0) is 74.4. The fourth-order valence-corrected chi connectivity index (χ4v) is 8.73. The average Bonchev–Trinajstić information content (AvgIpc) is 1.37. The number of alkyl carbamates (subject to hydrolysis) is 1. The summed E-state index contributed by atoms with van der Waals surface area (Å²) in [6, 6.07) is -1.52. The van der Waals surface area contributed by atoms with Crippen molar-refractivity contribution in [1.29, 1.82) is 0 Å². The van der Waals surface area contributed by atoms with Crippen LogP contribution < -0.4 is 21.7 Å². The van der Waals surface area contributed by atoms with Gasteiger partial charge in [-0.25, -0.2) is 4.79 Å². The lowest BCUT2D eigenvalue weighted by atomic mass is 10.0. The molecule has 42 heteroatoms. The van der Waals surface area contributed by atoms with E-state index in [0.717, 1.165) is 29.4 Å². The Morgan fingerprint density at radius 1 is 0.381 bits per heavy atom. The number of rotatable bonds is 53. The second-order valence-electron chi connectivity index (χ2n) is 23.0. The van der Waals surface area contributed by atoms with E-state index in [2.05, 4.69) is 16.0 Å². The summed E-state index contributed by atoms with van der Waals surface area (Å²) in [5, 5.41) is 208.